The molecule has 0 saturated carbocycles. The van der Waals surface area contributed by atoms with Crippen LogP contribution in [0.15, 0.2) is 29.1 Å². The second-order valence-corrected chi connectivity index (χ2v) is 6.51. The van der Waals surface area contributed by atoms with Crippen molar-refractivity contribution < 1.29 is 9.72 Å². The summed E-state index contributed by atoms with van der Waals surface area (Å²) < 4.78 is 0. The van der Waals surface area contributed by atoms with Crippen molar-refractivity contribution in [3.05, 3.63) is 50.3 Å². The maximum atomic E-state index is 13.3. The van der Waals surface area contributed by atoms with Crippen molar-refractivity contribution in [1.82, 2.24) is 15.2 Å². The third-order valence-corrected chi connectivity index (χ3v) is 4.74. The molecule has 0 bridgehead atoms. The van der Waals surface area contributed by atoms with Gasteiger partial charge in [0.1, 0.15) is 0 Å². The summed E-state index contributed by atoms with van der Waals surface area (Å²) in [5.41, 5.74) is 0.145. The summed E-state index contributed by atoms with van der Waals surface area (Å²) in [4.78, 5) is 40.3. The molecule has 0 unspecified atom stereocenters. The van der Waals surface area contributed by atoms with Crippen LogP contribution in [0, 0.1) is 10.1 Å². The minimum atomic E-state index is -0.505. The number of nitrogens with zero attached hydrogens (tertiary/aromatic N) is 2. The third kappa shape index (κ3) is 4.45. The van der Waals surface area contributed by atoms with Gasteiger partial charge in [-0.25, -0.2) is 0 Å². The molecule has 1 aliphatic heterocycles. The van der Waals surface area contributed by atoms with Crippen molar-refractivity contribution >= 4 is 34.9 Å². The molecule has 1 aliphatic rings. The molecular formula is C18H23ClN4O4. The molecule has 1 aromatic heterocycles. The molecule has 0 aliphatic carbocycles. The number of benzene rings is 1. The van der Waals surface area contributed by atoms with Crippen LogP contribution < -0.4 is 10.9 Å². The maximum absolute atomic E-state index is 13.3. The van der Waals surface area contributed by atoms with E-state index in [4.69, 9.17) is 0 Å². The molecule has 8 nitrogen and oxygen atoms in total. The monoisotopic (exact) mass is 394 g/mol. The Bertz CT molecular complexity index is 893. The van der Waals surface area contributed by atoms with Crippen LogP contribution in [0.1, 0.15) is 36.5 Å². The normalized spacial score (nSPS) is 14.6. The summed E-state index contributed by atoms with van der Waals surface area (Å²) in [5.74, 6) is -0.240. The molecule has 1 amide bonds. The number of hydrogen-bond donors (Lipinski definition) is 2. The first kappa shape index (κ1) is 20.9. The predicted octanol–water partition coefficient (Wildman–Crippen LogP) is 2.46. The zero-order chi connectivity index (χ0) is 18.7. The number of fused-ring (bicyclic) bond motifs is 1. The lowest BCUT2D eigenvalue weighted by Gasteiger charge is -2.34. The lowest BCUT2D eigenvalue weighted by atomic mass is 10.0. The highest BCUT2D eigenvalue weighted by molar-refractivity contribution is 6.06. The van der Waals surface area contributed by atoms with Crippen molar-refractivity contribution in [2.45, 2.75) is 32.2 Å². The quantitative estimate of drug-likeness (QED) is 0.598. The van der Waals surface area contributed by atoms with E-state index in [1.54, 1.807) is 0 Å². The first-order valence-corrected chi connectivity index (χ1v) is 8.84. The van der Waals surface area contributed by atoms with Crippen molar-refractivity contribution in [3.63, 3.8) is 0 Å². The SMILES string of the molecule is CCCN(C(=O)c1cc(=O)[nH]c2ccc([N+](=O)[O-])cc12)C1CCNCC1.Cl. The lowest BCUT2D eigenvalue weighted by Crippen LogP contribution is -2.46. The number of rotatable bonds is 5. The van der Waals surface area contributed by atoms with Gasteiger partial charge in [0.05, 0.1) is 10.5 Å². The number of amides is 1. The minimum absolute atomic E-state index is 0. The average molecular weight is 395 g/mol. The van der Waals surface area contributed by atoms with Crippen LogP contribution in [-0.4, -0.2) is 46.4 Å². The molecule has 0 spiro atoms. The molecule has 27 heavy (non-hydrogen) atoms. The number of aromatic amines is 1. The Labute approximate surface area is 162 Å². The second kappa shape index (κ2) is 8.96. The van der Waals surface area contributed by atoms with Gasteiger partial charge in [0.15, 0.2) is 0 Å². The molecule has 2 N–H and O–H groups in total. The van der Waals surface area contributed by atoms with E-state index in [0.717, 1.165) is 32.4 Å². The van der Waals surface area contributed by atoms with Crippen molar-refractivity contribution in [1.29, 1.82) is 0 Å². The maximum Gasteiger partial charge on any atom is 0.270 e. The second-order valence-electron chi connectivity index (χ2n) is 6.51. The van der Waals surface area contributed by atoms with Gasteiger partial charge in [-0.05, 0) is 38.4 Å². The summed E-state index contributed by atoms with van der Waals surface area (Å²) >= 11 is 0. The van der Waals surface area contributed by atoms with E-state index in [-0.39, 0.29) is 35.6 Å². The van der Waals surface area contributed by atoms with E-state index < -0.39 is 10.5 Å². The Hall–Kier alpha value is -2.45. The van der Waals surface area contributed by atoms with Gasteiger partial charge in [-0.1, -0.05) is 6.92 Å². The molecule has 2 aromatic rings. The number of halogens is 1. The van der Waals surface area contributed by atoms with Crippen LogP contribution in [0.3, 0.4) is 0 Å². The summed E-state index contributed by atoms with van der Waals surface area (Å²) in [6.07, 6.45) is 2.51. The molecule has 0 radical (unpaired) electrons. The van der Waals surface area contributed by atoms with Crippen molar-refractivity contribution in [2.75, 3.05) is 19.6 Å². The van der Waals surface area contributed by atoms with Gasteiger partial charge in [-0.3, -0.25) is 19.7 Å². The van der Waals surface area contributed by atoms with Gasteiger partial charge < -0.3 is 15.2 Å². The number of non-ortho nitro benzene ring substituents is 1. The van der Waals surface area contributed by atoms with E-state index in [1.165, 1.54) is 24.3 Å². The number of H-pyrrole nitrogens is 1. The molecule has 0 atom stereocenters. The number of nitrogens with one attached hydrogen (secondary N) is 2. The minimum Gasteiger partial charge on any atom is -0.336 e. The molecular weight excluding hydrogens is 372 g/mol. The number of nitro benzene ring substituents is 1. The number of carbonyl (C=O) groups is 1. The Balaban J connectivity index is 0.00000261. The van der Waals surface area contributed by atoms with Crippen LogP contribution in [0.4, 0.5) is 5.69 Å². The van der Waals surface area contributed by atoms with E-state index in [1.807, 2.05) is 11.8 Å². The smallest absolute Gasteiger partial charge is 0.270 e. The fourth-order valence-corrected chi connectivity index (χ4v) is 3.50. The Morgan fingerprint density at radius 3 is 2.63 bits per heavy atom. The standard InChI is InChI=1S/C18H22N4O4.ClH/c1-2-9-21(12-5-7-19-8-6-12)18(24)15-11-17(23)20-16-4-3-13(22(25)26)10-14(15)16;/h3-4,10-12,19H,2,5-9H2,1H3,(H,20,23);1H. The van der Waals surface area contributed by atoms with E-state index in [2.05, 4.69) is 10.3 Å². The zero-order valence-electron chi connectivity index (χ0n) is 15.1. The number of carbonyl (C=O) groups excluding carboxylic acids is 1. The van der Waals surface area contributed by atoms with Gasteiger partial charge in [0.25, 0.3) is 11.6 Å². The van der Waals surface area contributed by atoms with E-state index in [0.29, 0.717) is 17.4 Å². The van der Waals surface area contributed by atoms with Gasteiger partial charge in [-0.2, -0.15) is 0 Å². The fraction of sp³-hybridized carbons (Fsp3) is 0.444. The molecule has 9 heteroatoms. The summed E-state index contributed by atoms with van der Waals surface area (Å²) in [6, 6.07) is 5.50. The van der Waals surface area contributed by atoms with Crippen LogP contribution in [0.2, 0.25) is 0 Å². The lowest BCUT2D eigenvalue weighted by molar-refractivity contribution is -0.384. The summed E-state index contributed by atoms with van der Waals surface area (Å²) in [6.45, 7) is 4.29. The highest BCUT2D eigenvalue weighted by Gasteiger charge is 2.27. The summed E-state index contributed by atoms with van der Waals surface area (Å²) in [5, 5.41) is 14.8. The van der Waals surface area contributed by atoms with Gasteiger partial charge >= 0.3 is 0 Å². The highest BCUT2D eigenvalue weighted by atomic mass is 35.5. The fourth-order valence-electron chi connectivity index (χ4n) is 3.50. The third-order valence-electron chi connectivity index (χ3n) is 4.74. The highest BCUT2D eigenvalue weighted by Crippen LogP contribution is 2.24. The average Bonchev–Trinajstić information content (AvgIpc) is 2.65. The predicted molar refractivity (Wildman–Crippen MR) is 106 cm³/mol. The van der Waals surface area contributed by atoms with Crippen molar-refractivity contribution in [3.8, 4) is 0 Å². The van der Waals surface area contributed by atoms with Crippen LogP contribution >= 0.6 is 12.4 Å². The Morgan fingerprint density at radius 1 is 1.30 bits per heavy atom. The number of nitro groups is 1. The molecule has 1 saturated heterocycles. The van der Waals surface area contributed by atoms with E-state index in [9.17, 15) is 19.7 Å². The van der Waals surface area contributed by atoms with Crippen molar-refractivity contribution in [2.24, 2.45) is 0 Å². The molecule has 146 valence electrons. The number of hydrogen-bond acceptors (Lipinski definition) is 5. The first-order chi connectivity index (χ1) is 12.5. The van der Waals surface area contributed by atoms with Crippen LogP contribution in [-0.2, 0) is 0 Å². The number of piperidine rings is 1. The number of pyridine rings is 1. The van der Waals surface area contributed by atoms with Crippen LogP contribution in [0.25, 0.3) is 10.9 Å². The largest absolute Gasteiger partial charge is 0.336 e. The molecule has 1 fully saturated rings. The molecule has 3 rings (SSSR count). The first-order valence-electron chi connectivity index (χ1n) is 8.84. The van der Waals surface area contributed by atoms with Crippen LogP contribution in [0.5, 0.6) is 0 Å². The van der Waals surface area contributed by atoms with E-state index >= 15 is 0 Å². The number of aromatic nitrogens is 1. The molecule has 1 aromatic carbocycles. The zero-order valence-corrected chi connectivity index (χ0v) is 15.9. The Kier molecular flexibility index (Phi) is 6.92. The van der Waals surface area contributed by atoms with Gasteiger partial charge in [0.2, 0.25) is 5.56 Å². The topological polar surface area (TPSA) is 108 Å². The Morgan fingerprint density at radius 2 is 2.00 bits per heavy atom. The van der Waals surface area contributed by atoms with Gasteiger partial charge in [0, 0.05) is 41.7 Å². The summed E-state index contributed by atoms with van der Waals surface area (Å²) in [7, 11) is 0. The molecule has 2 heterocycles. The van der Waals surface area contributed by atoms with Gasteiger partial charge in [-0.15, -0.1) is 12.4 Å².